The van der Waals surface area contributed by atoms with Crippen LogP contribution in [0, 0.1) is 6.92 Å². The highest BCUT2D eigenvalue weighted by molar-refractivity contribution is 5.88. The van der Waals surface area contributed by atoms with E-state index in [4.69, 9.17) is 0 Å². The smallest absolute Gasteiger partial charge is 0.268 e. The van der Waals surface area contributed by atoms with Crippen molar-refractivity contribution < 1.29 is 0 Å². The second-order valence-electron chi connectivity index (χ2n) is 4.96. The number of pyridine rings is 1. The fourth-order valence-corrected chi connectivity index (χ4v) is 2.22. The van der Waals surface area contributed by atoms with Crippen LogP contribution in [0.25, 0.3) is 5.65 Å². The summed E-state index contributed by atoms with van der Waals surface area (Å²) in [6, 6.07) is 13.3. The molecule has 22 heavy (non-hydrogen) atoms. The van der Waals surface area contributed by atoms with Crippen molar-refractivity contribution in [1.29, 1.82) is 0 Å². The standard InChI is InChI=1S/C17H16N4O/c1-12-8-9-15-20-16(18-2)14(17(22)21(15)11-12)10-19-13-6-4-3-5-7-13/h3-11,18H,1-2H3. The van der Waals surface area contributed by atoms with Crippen LogP contribution in [0.2, 0.25) is 0 Å². The molecule has 3 rings (SSSR count). The molecule has 0 fully saturated rings. The van der Waals surface area contributed by atoms with Gasteiger partial charge >= 0.3 is 0 Å². The van der Waals surface area contributed by atoms with Crippen molar-refractivity contribution in [3.05, 3.63) is 70.1 Å². The molecule has 0 saturated carbocycles. The lowest BCUT2D eigenvalue weighted by molar-refractivity contribution is 1.03. The van der Waals surface area contributed by atoms with Gasteiger partial charge in [-0.1, -0.05) is 24.3 Å². The Kier molecular flexibility index (Phi) is 3.70. The molecular formula is C17H16N4O. The summed E-state index contributed by atoms with van der Waals surface area (Å²) in [6.07, 6.45) is 3.34. The van der Waals surface area contributed by atoms with Gasteiger partial charge in [-0.15, -0.1) is 0 Å². The van der Waals surface area contributed by atoms with E-state index in [1.807, 2.05) is 49.4 Å². The highest BCUT2D eigenvalue weighted by Crippen LogP contribution is 2.13. The van der Waals surface area contributed by atoms with E-state index in [0.717, 1.165) is 11.3 Å². The second-order valence-corrected chi connectivity index (χ2v) is 4.96. The zero-order valence-electron chi connectivity index (χ0n) is 12.4. The zero-order chi connectivity index (χ0) is 15.5. The van der Waals surface area contributed by atoms with Crippen LogP contribution in [0.15, 0.2) is 58.4 Å². The molecule has 0 saturated heterocycles. The molecule has 2 aromatic heterocycles. The van der Waals surface area contributed by atoms with Crippen LogP contribution >= 0.6 is 0 Å². The summed E-state index contributed by atoms with van der Waals surface area (Å²) in [7, 11) is 1.74. The van der Waals surface area contributed by atoms with Crippen LogP contribution in [0.3, 0.4) is 0 Å². The Morgan fingerprint density at radius 2 is 1.95 bits per heavy atom. The van der Waals surface area contributed by atoms with Crippen molar-refractivity contribution in [3.8, 4) is 0 Å². The SMILES string of the molecule is CNc1nc2ccc(C)cn2c(=O)c1C=Nc1ccccc1. The summed E-state index contributed by atoms with van der Waals surface area (Å²) >= 11 is 0. The van der Waals surface area contributed by atoms with Crippen molar-refractivity contribution in [1.82, 2.24) is 9.38 Å². The molecule has 0 amide bonds. The highest BCUT2D eigenvalue weighted by atomic mass is 16.1. The molecule has 3 aromatic rings. The molecule has 0 bridgehead atoms. The maximum absolute atomic E-state index is 12.7. The van der Waals surface area contributed by atoms with Crippen molar-refractivity contribution in [2.45, 2.75) is 6.92 Å². The lowest BCUT2D eigenvalue weighted by atomic mass is 10.2. The largest absolute Gasteiger partial charge is 0.372 e. The first kappa shape index (κ1) is 14.0. The quantitative estimate of drug-likeness (QED) is 0.755. The predicted octanol–water partition coefficient (Wildman–Crippen LogP) is 2.80. The number of aryl methyl sites for hydroxylation is 1. The Hall–Kier alpha value is -2.95. The van der Waals surface area contributed by atoms with Gasteiger partial charge in [-0.3, -0.25) is 14.2 Å². The zero-order valence-corrected chi connectivity index (χ0v) is 12.4. The number of rotatable bonds is 3. The van der Waals surface area contributed by atoms with E-state index < -0.39 is 0 Å². The monoisotopic (exact) mass is 292 g/mol. The molecule has 0 aliphatic heterocycles. The third-order valence-corrected chi connectivity index (χ3v) is 3.34. The minimum Gasteiger partial charge on any atom is -0.372 e. The number of nitrogens with zero attached hydrogens (tertiary/aromatic N) is 3. The van der Waals surface area contributed by atoms with Crippen LogP contribution < -0.4 is 10.9 Å². The third-order valence-electron chi connectivity index (χ3n) is 3.34. The van der Waals surface area contributed by atoms with Crippen molar-refractivity contribution in [2.75, 3.05) is 12.4 Å². The average molecular weight is 292 g/mol. The molecule has 110 valence electrons. The first-order valence-corrected chi connectivity index (χ1v) is 6.99. The molecule has 5 heteroatoms. The number of aliphatic imine (C=N–C) groups is 1. The Balaban J connectivity index is 2.17. The minimum atomic E-state index is -0.141. The molecule has 1 N–H and O–H groups in total. The van der Waals surface area contributed by atoms with Gasteiger partial charge in [0.1, 0.15) is 17.0 Å². The van der Waals surface area contributed by atoms with Gasteiger partial charge in [0.2, 0.25) is 0 Å². The van der Waals surface area contributed by atoms with Crippen molar-refractivity contribution >= 4 is 23.4 Å². The number of nitrogens with one attached hydrogen (secondary N) is 1. The lowest BCUT2D eigenvalue weighted by Gasteiger charge is -2.08. The second kappa shape index (κ2) is 5.81. The number of hydrogen-bond acceptors (Lipinski definition) is 4. The Morgan fingerprint density at radius 1 is 1.18 bits per heavy atom. The Bertz CT molecular complexity index is 898. The summed E-state index contributed by atoms with van der Waals surface area (Å²) in [6.45, 7) is 1.94. The van der Waals surface area contributed by atoms with Gasteiger partial charge in [-0.05, 0) is 30.7 Å². The van der Waals surface area contributed by atoms with Crippen LogP contribution in [0.5, 0.6) is 0 Å². The van der Waals surface area contributed by atoms with Crippen LogP contribution in [-0.4, -0.2) is 22.6 Å². The number of anilines is 1. The van der Waals surface area contributed by atoms with Crippen LogP contribution in [-0.2, 0) is 0 Å². The lowest BCUT2D eigenvalue weighted by Crippen LogP contribution is -2.21. The summed E-state index contributed by atoms with van der Waals surface area (Å²) < 4.78 is 1.54. The van der Waals surface area contributed by atoms with E-state index in [-0.39, 0.29) is 5.56 Å². The van der Waals surface area contributed by atoms with E-state index in [0.29, 0.717) is 17.0 Å². The van der Waals surface area contributed by atoms with E-state index in [9.17, 15) is 4.79 Å². The van der Waals surface area contributed by atoms with Gasteiger partial charge < -0.3 is 5.32 Å². The molecule has 2 heterocycles. The topological polar surface area (TPSA) is 58.8 Å². The van der Waals surface area contributed by atoms with Gasteiger partial charge in [0.05, 0.1) is 5.69 Å². The van der Waals surface area contributed by atoms with Gasteiger partial charge in [-0.2, -0.15) is 0 Å². The first-order valence-electron chi connectivity index (χ1n) is 6.99. The van der Waals surface area contributed by atoms with Crippen molar-refractivity contribution in [3.63, 3.8) is 0 Å². The normalized spacial score (nSPS) is 11.2. The van der Waals surface area contributed by atoms with Gasteiger partial charge in [-0.25, -0.2) is 4.98 Å². The van der Waals surface area contributed by atoms with E-state index >= 15 is 0 Å². The summed E-state index contributed by atoms with van der Waals surface area (Å²) in [4.78, 5) is 21.5. The number of hydrogen-bond donors (Lipinski definition) is 1. The van der Waals surface area contributed by atoms with Crippen LogP contribution in [0.1, 0.15) is 11.1 Å². The minimum absolute atomic E-state index is 0.141. The van der Waals surface area contributed by atoms with E-state index in [1.54, 1.807) is 23.9 Å². The molecule has 5 nitrogen and oxygen atoms in total. The molecule has 0 atom stereocenters. The molecule has 0 aliphatic carbocycles. The summed E-state index contributed by atoms with van der Waals surface area (Å²) in [5.41, 5.74) is 2.70. The summed E-state index contributed by atoms with van der Waals surface area (Å²) in [5.74, 6) is 0.522. The molecule has 0 radical (unpaired) electrons. The Labute approximate surface area is 128 Å². The van der Waals surface area contributed by atoms with Crippen LogP contribution in [0.4, 0.5) is 11.5 Å². The maximum atomic E-state index is 12.7. The van der Waals surface area contributed by atoms with Gasteiger partial charge in [0.15, 0.2) is 0 Å². The first-order chi connectivity index (χ1) is 10.7. The maximum Gasteiger partial charge on any atom is 0.268 e. The fourth-order valence-electron chi connectivity index (χ4n) is 2.22. The molecule has 0 unspecified atom stereocenters. The molecular weight excluding hydrogens is 276 g/mol. The van der Waals surface area contributed by atoms with Gasteiger partial charge in [0.25, 0.3) is 5.56 Å². The summed E-state index contributed by atoms with van der Waals surface area (Å²) in [5, 5.41) is 2.96. The fraction of sp³-hybridized carbons (Fsp3) is 0.118. The van der Waals surface area contributed by atoms with E-state index in [2.05, 4.69) is 15.3 Å². The highest BCUT2D eigenvalue weighted by Gasteiger charge is 2.10. The molecule has 0 spiro atoms. The number of aromatic nitrogens is 2. The predicted molar refractivity (Wildman–Crippen MR) is 89.4 cm³/mol. The van der Waals surface area contributed by atoms with Gasteiger partial charge in [0, 0.05) is 19.5 Å². The average Bonchev–Trinajstić information content (AvgIpc) is 2.55. The van der Waals surface area contributed by atoms with Crippen molar-refractivity contribution in [2.24, 2.45) is 4.99 Å². The molecule has 0 aliphatic rings. The molecule has 1 aromatic carbocycles. The third kappa shape index (κ3) is 2.61. The number of fused-ring (bicyclic) bond motifs is 1. The number of benzene rings is 1. The van der Waals surface area contributed by atoms with E-state index in [1.165, 1.54) is 0 Å². The Morgan fingerprint density at radius 3 is 2.68 bits per heavy atom. The number of para-hydroxylation sites is 1.